The van der Waals surface area contributed by atoms with Gasteiger partial charge in [-0.15, -0.1) is 0 Å². The first-order valence-corrected chi connectivity index (χ1v) is 15.7. The number of aliphatic hydroxyl groups excluding tert-OH is 1. The molecule has 10 nitrogen and oxygen atoms in total. The van der Waals surface area contributed by atoms with Crippen molar-refractivity contribution >= 4 is 45.3 Å². The first-order chi connectivity index (χ1) is 20.4. The fourth-order valence-corrected chi connectivity index (χ4v) is 7.56. The van der Waals surface area contributed by atoms with E-state index in [0.717, 1.165) is 11.1 Å². The van der Waals surface area contributed by atoms with Crippen molar-refractivity contribution in [3.05, 3.63) is 52.0 Å². The van der Waals surface area contributed by atoms with Gasteiger partial charge in [0.05, 0.1) is 25.1 Å². The Morgan fingerprint density at radius 1 is 1.14 bits per heavy atom. The molecule has 2 fully saturated rings. The number of nitrogens with one attached hydrogen (secondary N) is 1. The van der Waals surface area contributed by atoms with Crippen molar-refractivity contribution in [2.24, 2.45) is 17.8 Å². The predicted octanol–water partition coefficient (Wildman–Crippen LogP) is 2.92. The Bertz CT molecular complexity index is 1380. The Hall–Kier alpha value is -3.02. The van der Waals surface area contributed by atoms with E-state index in [1.54, 1.807) is 17.9 Å². The lowest BCUT2D eigenvalue weighted by molar-refractivity contribution is -0.159. The lowest BCUT2D eigenvalue weighted by Gasteiger charge is -2.40. The SMILES string of the molecule is Cc1ccc(C)c(N2C/C=C\CCC(=O)NC[C@H](C)OC(=O)[C@H]3[C@@H]4O[C@@]5(C=C4Br)[C@@H]3C(=O)N([C@@H](CO)C(C)C)[C@@H]5C2=O)c1. The molecule has 0 radical (unpaired) electrons. The molecular formula is C32H40BrN3O7. The van der Waals surface area contributed by atoms with Crippen LogP contribution in [-0.2, 0) is 28.7 Å². The second-order valence-corrected chi connectivity index (χ2v) is 13.3. The van der Waals surface area contributed by atoms with Crippen LogP contribution >= 0.6 is 15.9 Å². The highest BCUT2D eigenvalue weighted by molar-refractivity contribution is 9.11. The van der Waals surface area contributed by atoms with Gasteiger partial charge >= 0.3 is 5.97 Å². The van der Waals surface area contributed by atoms with Gasteiger partial charge in [-0.1, -0.05) is 54.1 Å². The van der Waals surface area contributed by atoms with Crippen LogP contribution < -0.4 is 10.2 Å². The van der Waals surface area contributed by atoms with E-state index in [0.29, 0.717) is 16.6 Å². The van der Waals surface area contributed by atoms with E-state index >= 15 is 0 Å². The fourth-order valence-electron chi connectivity index (χ4n) is 6.82. The number of allylic oxidation sites excluding steroid dienone is 1. The van der Waals surface area contributed by atoms with E-state index in [2.05, 4.69) is 21.2 Å². The molecule has 1 aromatic carbocycles. The van der Waals surface area contributed by atoms with Crippen LogP contribution in [-0.4, -0.2) is 83.3 Å². The summed E-state index contributed by atoms with van der Waals surface area (Å²) in [6.07, 6.45) is 4.72. The van der Waals surface area contributed by atoms with Gasteiger partial charge in [-0.25, -0.2) is 0 Å². The maximum absolute atomic E-state index is 15.0. The van der Waals surface area contributed by atoms with Crippen molar-refractivity contribution in [2.45, 2.75) is 77.4 Å². The molecule has 0 aliphatic carbocycles. The van der Waals surface area contributed by atoms with E-state index in [9.17, 15) is 24.3 Å². The number of fused-ring (bicyclic) bond motifs is 2. The number of ether oxygens (including phenoxy) is 2. The molecule has 4 heterocycles. The number of esters is 1. The highest BCUT2D eigenvalue weighted by Gasteiger charge is 2.75. The number of cyclic esters (lactones) is 1. The number of nitrogens with zero attached hydrogens (tertiary/aromatic N) is 2. The Morgan fingerprint density at radius 3 is 2.58 bits per heavy atom. The van der Waals surface area contributed by atoms with Crippen LogP contribution in [0.4, 0.5) is 5.69 Å². The zero-order chi connectivity index (χ0) is 31.2. The van der Waals surface area contributed by atoms with Gasteiger partial charge in [0.25, 0.3) is 5.91 Å². The number of carbonyl (C=O) groups is 4. The molecule has 11 heteroatoms. The molecule has 5 bridgehead atoms. The predicted molar refractivity (Wildman–Crippen MR) is 163 cm³/mol. The molecule has 2 N–H and O–H groups in total. The summed E-state index contributed by atoms with van der Waals surface area (Å²) < 4.78 is 12.9. The van der Waals surface area contributed by atoms with Gasteiger partial charge in [0.15, 0.2) is 0 Å². The zero-order valence-corrected chi connectivity index (χ0v) is 26.8. The summed E-state index contributed by atoms with van der Waals surface area (Å²) in [7, 11) is 0. The third kappa shape index (κ3) is 5.44. The van der Waals surface area contributed by atoms with Gasteiger partial charge in [-0.2, -0.15) is 0 Å². The van der Waals surface area contributed by atoms with Crippen LogP contribution in [0.25, 0.3) is 0 Å². The molecule has 4 aliphatic heterocycles. The molecule has 7 atom stereocenters. The number of halogens is 1. The summed E-state index contributed by atoms with van der Waals surface area (Å²) in [5.74, 6) is -3.85. The molecule has 43 heavy (non-hydrogen) atoms. The Kier molecular flexibility index (Phi) is 8.89. The average Bonchev–Trinajstić information content (AvgIpc) is 3.54. The molecule has 2 saturated heterocycles. The van der Waals surface area contributed by atoms with Crippen molar-refractivity contribution in [1.29, 1.82) is 0 Å². The largest absolute Gasteiger partial charge is 0.460 e. The van der Waals surface area contributed by atoms with Crippen molar-refractivity contribution in [2.75, 3.05) is 24.6 Å². The fraction of sp³-hybridized carbons (Fsp3) is 0.562. The monoisotopic (exact) mass is 657 g/mol. The van der Waals surface area contributed by atoms with Crippen molar-refractivity contribution in [3.8, 4) is 0 Å². The van der Waals surface area contributed by atoms with Gasteiger partial charge in [0.1, 0.15) is 29.8 Å². The Balaban J connectivity index is 1.69. The number of anilines is 1. The number of aliphatic hydroxyl groups is 1. The molecule has 0 saturated carbocycles. The molecule has 3 amide bonds. The van der Waals surface area contributed by atoms with Gasteiger partial charge in [0.2, 0.25) is 11.8 Å². The third-order valence-corrected chi connectivity index (χ3v) is 9.68. The summed E-state index contributed by atoms with van der Waals surface area (Å²) in [6.45, 7) is 9.27. The van der Waals surface area contributed by atoms with Gasteiger partial charge in [-0.3, -0.25) is 19.2 Å². The van der Waals surface area contributed by atoms with E-state index in [1.807, 2.05) is 58.0 Å². The smallest absolute Gasteiger partial charge is 0.313 e. The van der Waals surface area contributed by atoms with Crippen LogP contribution in [0.2, 0.25) is 0 Å². The van der Waals surface area contributed by atoms with E-state index < -0.39 is 53.6 Å². The standard InChI is InChI=1S/C32H40BrN3O7/c1-17(2)23(16-37)36-28-30(40)35(22-13-18(3)10-11-19(22)4)12-8-6-7-9-24(38)34-15-20(5)42-31(41)25-26(29(36)39)32(28)14-21(33)27(25)43-32/h6,8,10-11,13-14,17,20,23,25-28,37H,7,9,12,15-16H2,1-5H3,(H,34,38)/b8-6-/t20-,23-,25+,26-,27+,28+,32-/m0/s1. The van der Waals surface area contributed by atoms with Gasteiger partial charge in [-0.05, 0) is 56.4 Å². The molecule has 0 unspecified atom stereocenters. The number of benzene rings is 1. The van der Waals surface area contributed by atoms with Crippen molar-refractivity contribution < 1.29 is 33.8 Å². The van der Waals surface area contributed by atoms with Crippen molar-refractivity contribution in [1.82, 2.24) is 10.2 Å². The zero-order valence-electron chi connectivity index (χ0n) is 25.2. The topological polar surface area (TPSA) is 125 Å². The Labute approximate surface area is 260 Å². The number of hydrogen-bond donors (Lipinski definition) is 2. The number of likely N-dealkylation sites (tertiary alicyclic amines) is 1. The number of aryl methyl sites for hydroxylation is 2. The van der Waals surface area contributed by atoms with Crippen LogP contribution in [0.5, 0.6) is 0 Å². The first kappa shape index (κ1) is 31.4. The first-order valence-electron chi connectivity index (χ1n) is 14.9. The minimum Gasteiger partial charge on any atom is -0.460 e. The number of carbonyl (C=O) groups excluding carboxylic acids is 4. The minimum absolute atomic E-state index is 0.126. The minimum atomic E-state index is -1.45. The molecule has 232 valence electrons. The average molecular weight is 659 g/mol. The summed E-state index contributed by atoms with van der Waals surface area (Å²) in [6, 6.07) is 4.00. The summed E-state index contributed by atoms with van der Waals surface area (Å²) >= 11 is 3.56. The Morgan fingerprint density at radius 2 is 1.88 bits per heavy atom. The highest BCUT2D eigenvalue weighted by atomic mass is 79.9. The normalized spacial score (nSPS) is 32.9. The van der Waals surface area contributed by atoms with E-state index in [1.165, 1.54) is 4.90 Å². The van der Waals surface area contributed by atoms with Crippen LogP contribution in [0.1, 0.15) is 44.7 Å². The molecule has 1 spiro atoms. The van der Waals surface area contributed by atoms with Crippen LogP contribution in [0, 0.1) is 31.6 Å². The number of hydrogen-bond acceptors (Lipinski definition) is 7. The molecule has 0 aromatic heterocycles. The van der Waals surface area contributed by atoms with E-state index in [4.69, 9.17) is 9.47 Å². The second kappa shape index (κ2) is 12.2. The van der Waals surface area contributed by atoms with Crippen LogP contribution in [0.3, 0.4) is 0 Å². The van der Waals surface area contributed by atoms with Crippen molar-refractivity contribution in [3.63, 3.8) is 0 Å². The summed E-state index contributed by atoms with van der Waals surface area (Å²) in [4.78, 5) is 58.7. The number of amides is 3. The second-order valence-electron chi connectivity index (χ2n) is 12.4. The maximum atomic E-state index is 15.0. The van der Waals surface area contributed by atoms with Crippen LogP contribution in [0.15, 0.2) is 40.9 Å². The van der Waals surface area contributed by atoms with Gasteiger partial charge < -0.3 is 29.7 Å². The molecular weight excluding hydrogens is 618 g/mol. The quantitative estimate of drug-likeness (QED) is 0.377. The number of rotatable bonds is 4. The third-order valence-electron chi connectivity index (χ3n) is 9.00. The highest BCUT2D eigenvalue weighted by Crippen LogP contribution is 2.59. The van der Waals surface area contributed by atoms with E-state index in [-0.39, 0.29) is 43.8 Å². The molecule has 4 aliphatic rings. The molecule has 1 aromatic rings. The lowest BCUT2D eigenvalue weighted by atomic mass is 9.74. The van der Waals surface area contributed by atoms with Gasteiger partial charge in [0, 0.05) is 23.1 Å². The maximum Gasteiger partial charge on any atom is 0.313 e. The summed E-state index contributed by atoms with van der Waals surface area (Å²) in [5, 5.41) is 13.3. The molecule has 5 rings (SSSR count). The summed E-state index contributed by atoms with van der Waals surface area (Å²) in [5.41, 5.74) is 1.06. The lowest BCUT2D eigenvalue weighted by Crippen LogP contribution is -2.59.